The van der Waals surface area contributed by atoms with Crippen LogP contribution in [0.25, 0.3) is 0 Å². The first-order valence-electron chi connectivity index (χ1n) is 3.57. The summed E-state index contributed by atoms with van der Waals surface area (Å²) in [5, 5.41) is -1.36. The predicted octanol–water partition coefficient (Wildman–Crippen LogP) is 4.93. The molecule has 15 heavy (non-hydrogen) atoms. The highest BCUT2D eigenvalue weighted by molar-refractivity contribution is 9.10. The highest BCUT2D eigenvalue weighted by Crippen LogP contribution is 2.31. The molecule has 0 aliphatic rings. The highest BCUT2D eigenvalue weighted by atomic mass is 79.9. The van der Waals surface area contributed by atoms with Gasteiger partial charge in [0.25, 0.3) is 0 Å². The maximum Gasteiger partial charge on any atom is 0.444 e. The van der Waals surface area contributed by atoms with Gasteiger partial charge in [-0.05, 0) is 18.2 Å². The van der Waals surface area contributed by atoms with E-state index in [0.29, 0.717) is 4.47 Å². The van der Waals surface area contributed by atoms with Crippen LogP contribution in [0.1, 0.15) is 0 Å². The fourth-order valence-corrected chi connectivity index (χ4v) is 1.34. The van der Waals surface area contributed by atoms with E-state index in [0.717, 1.165) is 0 Å². The quantitative estimate of drug-likeness (QED) is 0.650. The fraction of sp³-hybridized carbons (Fsp3) is 0.125. The van der Waals surface area contributed by atoms with E-state index in [1.165, 1.54) is 12.1 Å². The van der Waals surface area contributed by atoms with Crippen LogP contribution in [0.3, 0.4) is 0 Å². The summed E-state index contributed by atoms with van der Waals surface area (Å²) < 4.78 is 36.7. The van der Waals surface area contributed by atoms with E-state index in [4.69, 9.17) is 23.2 Å². The predicted molar refractivity (Wildman–Crippen MR) is 58.2 cm³/mol. The number of hydrogen-bond acceptors (Lipinski definition) is 1. The summed E-state index contributed by atoms with van der Waals surface area (Å²) in [5.74, 6) is 0. The van der Waals surface area contributed by atoms with Gasteiger partial charge in [0.15, 0.2) is 0 Å². The van der Waals surface area contributed by atoms with E-state index >= 15 is 0 Å². The standard InChI is InChI=1S/C8H3BrCl2F3N/c9-4-1-2-5(10)6(3-4)15-7(11)8(12,13)14/h1-3H. The second-order valence-corrected chi connectivity index (χ2v) is 4.18. The number of halogens is 6. The van der Waals surface area contributed by atoms with Crippen LogP contribution in [-0.4, -0.2) is 11.3 Å². The monoisotopic (exact) mass is 319 g/mol. The molecule has 0 N–H and O–H groups in total. The summed E-state index contributed by atoms with van der Waals surface area (Å²) in [6.07, 6.45) is -4.66. The Bertz CT molecular complexity index is 403. The molecular formula is C8H3BrCl2F3N. The van der Waals surface area contributed by atoms with Crippen LogP contribution >= 0.6 is 39.1 Å². The molecule has 7 heteroatoms. The molecule has 82 valence electrons. The van der Waals surface area contributed by atoms with Crippen LogP contribution in [0.5, 0.6) is 0 Å². The molecule has 1 nitrogen and oxygen atoms in total. The number of aliphatic imine (C=N–C) groups is 1. The van der Waals surface area contributed by atoms with Gasteiger partial charge in [-0.25, -0.2) is 4.99 Å². The number of alkyl halides is 3. The molecule has 1 aromatic rings. The van der Waals surface area contributed by atoms with Crippen molar-refractivity contribution in [1.29, 1.82) is 0 Å². The number of hydrogen-bond donors (Lipinski definition) is 0. The van der Waals surface area contributed by atoms with Gasteiger partial charge in [-0.3, -0.25) is 0 Å². The Morgan fingerprint density at radius 2 is 1.93 bits per heavy atom. The molecule has 0 amide bonds. The molecular weight excluding hydrogens is 318 g/mol. The van der Waals surface area contributed by atoms with Gasteiger partial charge in [-0.15, -0.1) is 0 Å². The average Bonchev–Trinajstić information content (AvgIpc) is 2.09. The lowest BCUT2D eigenvalue weighted by Crippen LogP contribution is -2.16. The van der Waals surface area contributed by atoms with Crippen molar-refractivity contribution < 1.29 is 13.2 Å². The van der Waals surface area contributed by atoms with E-state index in [1.807, 2.05) is 0 Å². The SMILES string of the molecule is FC(F)(F)C(Cl)=Nc1cc(Br)ccc1Cl. The molecule has 0 aliphatic carbocycles. The molecule has 0 heterocycles. The van der Waals surface area contributed by atoms with Crippen molar-refractivity contribution in [2.24, 2.45) is 4.99 Å². The smallest absolute Gasteiger partial charge is 0.231 e. The number of nitrogens with zero attached hydrogens (tertiary/aromatic N) is 1. The molecule has 0 saturated carbocycles. The fourth-order valence-electron chi connectivity index (χ4n) is 0.741. The molecule has 0 unspecified atom stereocenters. The normalized spacial score (nSPS) is 13.1. The van der Waals surface area contributed by atoms with Gasteiger partial charge in [0, 0.05) is 4.47 Å². The second-order valence-electron chi connectivity index (χ2n) is 2.50. The highest BCUT2D eigenvalue weighted by Gasteiger charge is 2.34. The number of benzene rings is 1. The van der Waals surface area contributed by atoms with Gasteiger partial charge in [-0.1, -0.05) is 39.1 Å². The Kier molecular flexibility index (Phi) is 4.03. The largest absolute Gasteiger partial charge is 0.444 e. The van der Waals surface area contributed by atoms with Crippen LogP contribution < -0.4 is 0 Å². The van der Waals surface area contributed by atoms with Gasteiger partial charge in [0.05, 0.1) is 10.7 Å². The van der Waals surface area contributed by atoms with Crippen molar-refractivity contribution in [1.82, 2.24) is 0 Å². The molecule has 0 bridgehead atoms. The van der Waals surface area contributed by atoms with Gasteiger partial charge < -0.3 is 0 Å². The summed E-state index contributed by atoms with van der Waals surface area (Å²) in [4.78, 5) is 3.19. The van der Waals surface area contributed by atoms with E-state index in [2.05, 4.69) is 20.9 Å². The van der Waals surface area contributed by atoms with Gasteiger partial charge in [0.2, 0.25) is 5.17 Å². The van der Waals surface area contributed by atoms with Crippen molar-refractivity contribution in [2.45, 2.75) is 6.18 Å². The van der Waals surface area contributed by atoms with Gasteiger partial charge >= 0.3 is 6.18 Å². The van der Waals surface area contributed by atoms with Crippen LogP contribution in [0.2, 0.25) is 5.02 Å². The van der Waals surface area contributed by atoms with E-state index in [9.17, 15) is 13.2 Å². The van der Waals surface area contributed by atoms with Gasteiger partial charge in [-0.2, -0.15) is 13.2 Å². The summed E-state index contributed by atoms with van der Waals surface area (Å²) >= 11 is 13.7. The molecule has 0 aliphatic heterocycles. The molecule has 0 aromatic heterocycles. The van der Waals surface area contributed by atoms with E-state index in [1.54, 1.807) is 6.07 Å². The number of rotatable bonds is 1. The first-order valence-corrected chi connectivity index (χ1v) is 5.12. The third-order valence-electron chi connectivity index (χ3n) is 1.36. The Hall–Kier alpha value is -0.260. The van der Waals surface area contributed by atoms with Crippen molar-refractivity contribution >= 4 is 50.0 Å². The molecule has 1 aromatic carbocycles. The van der Waals surface area contributed by atoms with E-state index in [-0.39, 0.29) is 10.7 Å². The molecule has 0 atom stereocenters. The lowest BCUT2D eigenvalue weighted by Gasteiger charge is -2.04. The maximum absolute atomic E-state index is 12.0. The molecule has 0 saturated heterocycles. The summed E-state index contributed by atoms with van der Waals surface area (Å²) in [5.41, 5.74) is -0.0339. The third kappa shape index (κ3) is 3.66. The molecule has 0 fully saturated rings. The Morgan fingerprint density at radius 1 is 1.33 bits per heavy atom. The topological polar surface area (TPSA) is 12.4 Å². The minimum atomic E-state index is -4.66. The van der Waals surface area contributed by atoms with Crippen LogP contribution in [-0.2, 0) is 0 Å². The zero-order valence-electron chi connectivity index (χ0n) is 6.95. The van der Waals surface area contributed by atoms with Crippen LogP contribution in [0.4, 0.5) is 18.9 Å². The first kappa shape index (κ1) is 12.8. The summed E-state index contributed by atoms with van der Waals surface area (Å²) in [6, 6.07) is 4.35. The zero-order valence-corrected chi connectivity index (χ0v) is 10.0. The zero-order chi connectivity index (χ0) is 11.6. The lowest BCUT2D eigenvalue weighted by molar-refractivity contribution is -0.0558. The summed E-state index contributed by atoms with van der Waals surface area (Å²) in [6.45, 7) is 0. The summed E-state index contributed by atoms with van der Waals surface area (Å²) in [7, 11) is 0. The molecule has 0 radical (unpaired) electrons. The van der Waals surface area contributed by atoms with E-state index < -0.39 is 11.3 Å². The van der Waals surface area contributed by atoms with Crippen molar-refractivity contribution in [3.8, 4) is 0 Å². The van der Waals surface area contributed by atoms with Crippen molar-refractivity contribution in [2.75, 3.05) is 0 Å². The minimum absolute atomic E-state index is 0.0339. The molecule has 0 spiro atoms. The third-order valence-corrected chi connectivity index (χ3v) is 2.47. The maximum atomic E-state index is 12.0. The van der Waals surface area contributed by atoms with Crippen LogP contribution in [0, 0.1) is 0 Å². The van der Waals surface area contributed by atoms with Gasteiger partial charge in [0.1, 0.15) is 0 Å². The Morgan fingerprint density at radius 3 is 2.47 bits per heavy atom. The lowest BCUT2D eigenvalue weighted by atomic mass is 10.3. The first-order chi connectivity index (χ1) is 6.80. The Labute approximate surface area is 102 Å². The van der Waals surface area contributed by atoms with Crippen molar-refractivity contribution in [3.05, 3.63) is 27.7 Å². The minimum Gasteiger partial charge on any atom is -0.231 e. The average molecular weight is 321 g/mol. The Balaban J connectivity index is 3.13. The van der Waals surface area contributed by atoms with Crippen LogP contribution in [0.15, 0.2) is 27.7 Å². The second kappa shape index (κ2) is 4.72. The van der Waals surface area contributed by atoms with Crippen molar-refractivity contribution in [3.63, 3.8) is 0 Å². The molecule has 1 rings (SSSR count).